The number of nitrogens with one attached hydrogen (secondary N) is 1. The minimum absolute atomic E-state index is 0.366. The average molecular weight is 284 g/mol. The van der Waals surface area contributed by atoms with Gasteiger partial charge in [0.25, 0.3) is 0 Å². The summed E-state index contributed by atoms with van der Waals surface area (Å²) in [5.74, 6) is 0. The molecule has 0 aliphatic carbocycles. The molecule has 0 heterocycles. The Hall–Kier alpha value is -1.07. The molecular weight excluding hydrogens is 260 g/mol. The molecule has 0 saturated carbocycles. The summed E-state index contributed by atoms with van der Waals surface area (Å²) in [6.07, 6.45) is 1.86. The van der Waals surface area contributed by atoms with Crippen molar-refractivity contribution in [2.45, 2.75) is 38.5 Å². The molecule has 0 amide bonds. The van der Waals surface area contributed by atoms with Crippen LogP contribution in [-0.2, 0) is 10.0 Å². The van der Waals surface area contributed by atoms with Crippen molar-refractivity contribution in [3.8, 4) is 0 Å². The molecule has 0 aromatic heterocycles. The van der Waals surface area contributed by atoms with E-state index in [0.29, 0.717) is 18.0 Å². The maximum atomic E-state index is 12.4. The maximum absolute atomic E-state index is 12.4. The Morgan fingerprint density at radius 1 is 1.05 bits per heavy atom. The third-order valence-corrected chi connectivity index (χ3v) is 4.89. The average Bonchev–Trinajstić information content (AvgIpc) is 2.42. The zero-order valence-corrected chi connectivity index (χ0v) is 12.8. The molecular formula is C14H24N2O2S. The predicted molar refractivity (Wildman–Crippen MR) is 79.9 cm³/mol. The van der Waals surface area contributed by atoms with Gasteiger partial charge in [-0.05, 0) is 37.1 Å². The third kappa shape index (κ3) is 4.21. The number of hydrogen-bond donors (Lipinski definition) is 1. The molecule has 0 bridgehead atoms. The minimum atomic E-state index is -3.34. The fourth-order valence-corrected chi connectivity index (χ4v) is 3.40. The number of anilines is 1. The second kappa shape index (κ2) is 7.50. The van der Waals surface area contributed by atoms with E-state index in [1.54, 1.807) is 12.1 Å². The van der Waals surface area contributed by atoms with Gasteiger partial charge in [0.2, 0.25) is 10.0 Å². The van der Waals surface area contributed by atoms with Crippen LogP contribution < -0.4 is 5.32 Å². The van der Waals surface area contributed by atoms with E-state index in [-0.39, 0.29) is 0 Å². The Morgan fingerprint density at radius 3 is 2.16 bits per heavy atom. The number of benzene rings is 1. The van der Waals surface area contributed by atoms with Crippen molar-refractivity contribution < 1.29 is 8.42 Å². The van der Waals surface area contributed by atoms with Gasteiger partial charge in [-0.15, -0.1) is 0 Å². The smallest absolute Gasteiger partial charge is 0.243 e. The Balaban J connectivity index is 2.89. The molecule has 108 valence electrons. The highest BCUT2D eigenvalue weighted by molar-refractivity contribution is 7.89. The molecule has 0 fully saturated rings. The van der Waals surface area contributed by atoms with E-state index < -0.39 is 10.0 Å². The first-order valence-corrected chi connectivity index (χ1v) is 8.34. The minimum Gasteiger partial charge on any atom is -0.385 e. The summed E-state index contributed by atoms with van der Waals surface area (Å²) in [6.45, 7) is 7.90. The lowest BCUT2D eigenvalue weighted by Gasteiger charge is -2.19. The monoisotopic (exact) mass is 284 g/mol. The molecule has 0 aliphatic rings. The van der Waals surface area contributed by atoms with E-state index in [1.807, 2.05) is 26.0 Å². The molecule has 0 unspecified atom stereocenters. The zero-order chi connectivity index (χ0) is 14.3. The highest BCUT2D eigenvalue weighted by Crippen LogP contribution is 2.18. The van der Waals surface area contributed by atoms with Crippen molar-refractivity contribution in [2.75, 3.05) is 25.0 Å². The second-order valence-electron chi connectivity index (χ2n) is 4.45. The molecule has 0 radical (unpaired) electrons. The summed E-state index contributed by atoms with van der Waals surface area (Å²) >= 11 is 0. The summed E-state index contributed by atoms with van der Waals surface area (Å²) < 4.78 is 26.3. The van der Waals surface area contributed by atoms with Gasteiger partial charge >= 0.3 is 0 Å². The van der Waals surface area contributed by atoms with Gasteiger partial charge in [0, 0.05) is 25.3 Å². The summed E-state index contributed by atoms with van der Waals surface area (Å²) in [4.78, 5) is 0.366. The van der Waals surface area contributed by atoms with Crippen LogP contribution in [0, 0.1) is 0 Å². The highest BCUT2D eigenvalue weighted by Gasteiger charge is 2.21. The van der Waals surface area contributed by atoms with Gasteiger partial charge in [-0.3, -0.25) is 0 Å². The fourth-order valence-electron chi connectivity index (χ4n) is 1.86. The molecule has 5 heteroatoms. The molecule has 1 rings (SSSR count). The maximum Gasteiger partial charge on any atom is 0.243 e. The van der Waals surface area contributed by atoms with E-state index in [0.717, 1.165) is 25.1 Å². The lowest BCUT2D eigenvalue weighted by molar-refractivity contribution is 0.427. The van der Waals surface area contributed by atoms with E-state index in [9.17, 15) is 8.42 Å². The van der Waals surface area contributed by atoms with Gasteiger partial charge in [-0.25, -0.2) is 8.42 Å². The number of hydrogen-bond acceptors (Lipinski definition) is 3. The third-order valence-electron chi connectivity index (χ3n) is 2.90. The normalized spacial score (nSPS) is 11.8. The van der Waals surface area contributed by atoms with E-state index >= 15 is 0 Å². The Labute approximate surface area is 116 Å². The van der Waals surface area contributed by atoms with Crippen LogP contribution in [0.25, 0.3) is 0 Å². The van der Waals surface area contributed by atoms with Crippen LogP contribution in [0.1, 0.15) is 33.6 Å². The molecule has 4 nitrogen and oxygen atoms in total. The van der Waals surface area contributed by atoms with Crippen LogP contribution >= 0.6 is 0 Å². The van der Waals surface area contributed by atoms with Crippen molar-refractivity contribution in [2.24, 2.45) is 0 Å². The topological polar surface area (TPSA) is 49.4 Å². The van der Waals surface area contributed by atoms with Crippen LogP contribution in [0.5, 0.6) is 0 Å². The first-order valence-electron chi connectivity index (χ1n) is 6.90. The number of rotatable bonds is 8. The quantitative estimate of drug-likeness (QED) is 0.798. The fraction of sp³-hybridized carbons (Fsp3) is 0.571. The summed E-state index contributed by atoms with van der Waals surface area (Å²) in [5, 5.41) is 3.23. The van der Waals surface area contributed by atoms with Crippen molar-refractivity contribution >= 4 is 15.7 Å². The molecule has 19 heavy (non-hydrogen) atoms. The van der Waals surface area contributed by atoms with E-state index in [1.165, 1.54) is 4.31 Å². The lowest BCUT2D eigenvalue weighted by Crippen LogP contribution is -2.31. The molecule has 0 atom stereocenters. The Bertz CT molecular complexity index is 469. The van der Waals surface area contributed by atoms with Crippen molar-refractivity contribution in [3.63, 3.8) is 0 Å². The molecule has 1 N–H and O–H groups in total. The Morgan fingerprint density at radius 2 is 1.68 bits per heavy atom. The first-order chi connectivity index (χ1) is 9.06. The molecule has 1 aromatic carbocycles. The van der Waals surface area contributed by atoms with Gasteiger partial charge in [-0.2, -0.15) is 4.31 Å². The van der Waals surface area contributed by atoms with Crippen LogP contribution in [0.4, 0.5) is 5.69 Å². The van der Waals surface area contributed by atoms with Gasteiger partial charge in [0.1, 0.15) is 0 Å². The largest absolute Gasteiger partial charge is 0.385 e. The van der Waals surface area contributed by atoms with Crippen LogP contribution in [0.15, 0.2) is 29.2 Å². The lowest BCUT2D eigenvalue weighted by atomic mass is 10.3. The summed E-state index contributed by atoms with van der Waals surface area (Å²) in [7, 11) is -3.34. The molecule has 1 aromatic rings. The second-order valence-corrected chi connectivity index (χ2v) is 6.39. The molecule has 0 saturated heterocycles. The van der Waals surface area contributed by atoms with Gasteiger partial charge in [0.15, 0.2) is 0 Å². The van der Waals surface area contributed by atoms with Crippen LogP contribution in [0.2, 0.25) is 0 Å². The molecule has 0 spiro atoms. The van der Waals surface area contributed by atoms with Crippen molar-refractivity contribution in [3.05, 3.63) is 24.3 Å². The standard InChI is InChI=1S/C14H24N2O2S/c1-4-11-15-13-7-9-14(10-8-13)19(17,18)16(6-3)12-5-2/h7-10,15H,4-6,11-12H2,1-3H3. The van der Waals surface area contributed by atoms with Crippen LogP contribution in [-0.4, -0.2) is 32.4 Å². The summed E-state index contributed by atoms with van der Waals surface area (Å²) in [6, 6.07) is 6.99. The Kier molecular flexibility index (Phi) is 6.31. The van der Waals surface area contributed by atoms with Crippen LogP contribution in [0.3, 0.4) is 0 Å². The van der Waals surface area contributed by atoms with Crippen molar-refractivity contribution in [1.82, 2.24) is 4.31 Å². The van der Waals surface area contributed by atoms with E-state index in [2.05, 4.69) is 12.2 Å². The molecule has 0 aliphatic heterocycles. The number of sulfonamides is 1. The zero-order valence-electron chi connectivity index (χ0n) is 12.0. The predicted octanol–water partition coefficient (Wildman–Crippen LogP) is 2.93. The summed E-state index contributed by atoms with van der Waals surface area (Å²) in [5.41, 5.74) is 0.958. The van der Waals surface area contributed by atoms with Gasteiger partial charge in [0.05, 0.1) is 4.90 Å². The number of nitrogens with zero attached hydrogens (tertiary/aromatic N) is 1. The van der Waals surface area contributed by atoms with Crippen molar-refractivity contribution in [1.29, 1.82) is 0 Å². The highest BCUT2D eigenvalue weighted by atomic mass is 32.2. The SMILES string of the molecule is CCCNc1ccc(S(=O)(=O)N(CC)CCC)cc1. The van der Waals surface area contributed by atoms with Gasteiger partial charge in [-0.1, -0.05) is 20.8 Å². The van der Waals surface area contributed by atoms with E-state index in [4.69, 9.17) is 0 Å². The van der Waals surface area contributed by atoms with Gasteiger partial charge < -0.3 is 5.32 Å². The first kappa shape index (κ1) is 16.0.